The van der Waals surface area contributed by atoms with Crippen molar-refractivity contribution in [3.63, 3.8) is 0 Å². The van der Waals surface area contributed by atoms with E-state index in [1.165, 1.54) is 16.2 Å². The number of nitrogens with one attached hydrogen (secondary N) is 3. The number of likely N-dealkylation sites (tertiary alicyclic amines) is 1. The van der Waals surface area contributed by atoms with Crippen LogP contribution in [0.25, 0.3) is 0 Å². The molecule has 0 saturated carbocycles. The smallest absolute Gasteiger partial charge is 0.251 e. The van der Waals surface area contributed by atoms with Crippen LogP contribution in [0, 0.1) is 12.3 Å². The fourth-order valence-corrected chi connectivity index (χ4v) is 5.66. The van der Waals surface area contributed by atoms with Crippen LogP contribution in [-0.4, -0.2) is 53.7 Å². The van der Waals surface area contributed by atoms with Crippen molar-refractivity contribution in [2.75, 3.05) is 13.1 Å². The van der Waals surface area contributed by atoms with Crippen LogP contribution >= 0.6 is 23.7 Å². The molecule has 2 heterocycles. The van der Waals surface area contributed by atoms with E-state index in [9.17, 15) is 14.4 Å². The first-order valence-corrected chi connectivity index (χ1v) is 15.0. The Bertz CT molecular complexity index is 1650. The molecule has 0 aliphatic carbocycles. The summed E-state index contributed by atoms with van der Waals surface area (Å²) in [6.45, 7) is 2.08. The van der Waals surface area contributed by atoms with Crippen molar-refractivity contribution in [2.24, 2.45) is 5.73 Å². The molecule has 1 aromatic heterocycles. The molecule has 45 heavy (non-hydrogen) atoms. The number of hydrogen-bond acceptors (Lipinski definition) is 7. The molecule has 5 N–H and O–H groups in total. The van der Waals surface area contributed by atoms with Gasteiger partial charge in [0, 0.05) is 27.8 Å². The Morgan fingerprint density at radius 3 is 2.33 bits per heavy atom. The molecular formula is C33H34ClN5O5S. The van der Waals surface area contributed by atoms with Gasteiger partial charge < -0.3 is 30.7 Å². The van der Waals surface area contributed by atoms with E-state index in [1.54, 1.807) is 35.7 Å². The van der Waals surface area contributed by atoms with E-state index in [-0.39, 0.29) is 43.8 Å². The number of para-hydroxylation sites is 2. The molecule has 1 fully saturated rings. The third kappa shape index (κ3) is 8.62. The number of carbonyl (C=O) groups is 3. The number of nitrogens with two attached hydrogens (primary N) is 1. The van der Waals surface area contributed by atoms with Gasteiger partial charge in [-0.3, -0.25) is 19.8 Å². The summed E-state index contributed by atoms with van der Waals surface area (Å²) >= 11 is 1.39. The average Bonchev–Trinajstić information content (AvgIpc) is 3.69. The minimum absolute atomic E-state index is 0. The number of thiophene rings is 1. The van der Waals surface area contributed by atoms with Crippen molar-refractivity contribution >= 4 is 47.3 Å². The summed E-state index contributed by atoms with van der Waals surface area (Å²) in [6.07, 6.45) is -0.110. The quantitative estimate of drug-likeness (QED) is 0.138. The van der Waals surface area contributed by atoms with E-state index in [2.05, 4.69) is 10.6 Å². The Hall–Kier alpha value is -4.87. The van der Waals surface area contributed by atoms with Gasteiger partial charge in [-0.1, -0.05) is 36.4 Å². The molecule has 3 amide bonds. The molecule has 0 bridgehead atoms. The van der Waals surface area contributed by atoms with Crippen LogP contribution in [0.4, 0.5) is 0 Å². The number of amides is 3. The van der Waals surface area contributed by atoms with E-state index < -0.39 is 24.0 Å². The van der Waals surface area contributed by atoms with E-state index >= 15 is 0 Å². The Labute approximate surface area is 271 Å². The van der Waals surface area contributed by atoms with Gasteiger partial charge in [0.25, 0.3) is 5.91 Å². The molecule has 4 aromatic rings. The molecule has 1 aliphatic rings. The predicted molar refractivity (Wildman–Crippen MR) is 175 cm³/mol. The number of nitrogen functional groups attached to an aromatic ring is 1. The van der Waals surface area contributed by atoms with Crippen molar-refractivity contribution in [1.29, 1.82) is 5.41 Å². The molecule has 3 aromatic carbocycles. The zero-order valence-electron chi connectivity index (χ0n) is 24.5. The number of aryl methyl sites for hydroxylation is 1. The van der Waals surface area contributed by atoms with Crippen molar-refractivity contribution in [2.45, 2.75) is 32.0 Å². The molecule has 1 aliphatic heterocycles. The monoisotopic (exact) mass is 647 g/mol. The minimum atomic E-state index is -0.782. The molecule has 10 nitrogen and oxygen atoms in total. The van der Waals surface area contributed by atoms with Gasteiger partial charge in [-0.05, 0) is 61.0 Å². The van der Waals surface area contributed by atoms with E-state index in [0.717, 1.165) is 10.4 Å². The number of nitrogens with zero attached hydrogens (tertiary/aromatic N) is 1. The molecular weight excluding hydrogens is 614 g/mol. The highest BCUT2D eigenvalue weighted by molar-refractivity contribution is 7.10. The zero-order valence-corrected chi connectivity index (χ0v) is 26.2. The summed E-state index contributed by atoms with van der Waals surface area (Å²) in [6, 6.07) is 24.5. The summed E-state index contributed by atoms with van der Waals surface area (Å²) in [7, 11) is 0. The maximum Gasteiger partial charge on any atom is 0.251 e. The summed E-state index contributed by atoms with van der Waals surface area (Å²) in [4.78, 5) is 41.9. The SMILES string of the molecule is Cc1ccccc1O[C@H]1C[C@@H](C(=O)NCc2cc(C(=N)N)cs2)N(C(=O)CNC(=O)c2ccc(Oc3ccccc3)cc2)C1.Cl. The number of carbonyl (C=O) groups excluding carboxylic acids is 3. The van der Waals surface area contributed by atoms with Crippen LogP contribution < -0.4 is 25.8 Å². The van der Waals surface area contributed by atoms with Crippen molar-refractivity contribution in [3.8, 4) is 17.2 Å². The van der Waals surface area contributed by atoms with Gasteiger partial charge in [-0.15, -0.1) is 23.7 Å². The van der Waals surface area contributed by atoms with Crippen LogP contribution in [0.2, 0.25) is 0 Å². The molecule has 12 heteroatoms. The first-order valence-electron chi connectivity index (χ1n) is 14.1. The lowest BCUT2D eigenvalue weighted by molar-refractivity contribution is -0.137. The molecule has 0 unspecified atom stereocenters. The van der Waals surface area contributed by atoms with Crippen molar-refractivity contribution < 1.29 is 23.9 Å². The first kappa shape index (κ1) is 33.0. The van der Waals surface area contributed by atoms with Crippen LogP contribution in [0.15, 0.2) is 90.3 Å². The second kappa shape index (κ2) is 15.2. The molecule has 0 spiro atoms. The number of benzene rings is 3. The van der Waals surface area contributed by atoms with Gasteiger partial charge in [0.2, 0.25) is 11.8 Å². The molecule has 234 valence electrons. The maximum atomic E-state index is 13.4. The Kier molecular flexibility index (Phi) is 11.2. The first-order chi connectivity index (χ1) is 21.3. The fraction of sp³-hybridized carbons (Fsp3) is 0.212. The number of amidine groups is 1. The zero-order chi connectivity index (χ0) is 31.1. The second-order valence-electron chi connectivity index (χ2n) is 10.4. The molecule has 2 atom stereocenters. The molecule has 1 saturated heterocycles. The topological polar surface area (TPSA) is 147 Å². The molecule has 0 radical (unpaired) electrons. The van der Waals surface area contributed by atoms with Gasteiger partial charge in [-0.25, -0.2) is 0 Å². The van der Waals surface area contributed by atoms with Gasteiger partial charge in [0.15, 0.2) is 0 Å². The highest BCUT2D eigenvalue weighted by atomic mass is 35.5. The number of rotatable bonds is 11. The van der Waals surface area contributed by atoms with Crippen LogP contribution in [0.3, 0.4) is 0 Å². The number of halogens is 1. The van der Waals surface area contributed by atoms with Crippen LogP contribution in [0.5, 0.6) is 17.2 Å². The normalized spacial score (nSPS) is 15.4. The largest absolute Gasteiger partial charge is 0.488 e. The third-order valence-electron chi connectivity index (χ3n) is 7.17. The lowest BCUT2D eigenvalue weighted by Gasteiger charge is -2.23. The summed E-state index contributed by atoms with van der Waals surface area (Å²) in [5.41, 5.74) is 7.47. The fourth-order valence-electron chi connectivity index (χ4n) is 4.84. The maximum absolute atomic E-state index is 13.4. The second-order valence-corrected chi connectivity index (χ2v) is 11.4. The standard InChI is InChI=1S/C33H33N5O5S.ClH/c1-21-7-5-6-10-29(21)43-26-16-28(33(41)36-17-27-15-23(20-44-27)31(34)35)38(19-26)30(39)18-37-32(40)22-11-13-25(14-12-22)42-24-8-3-2-4-9-24;/h2-15,20,26,28H,16-19H2,1H3,(H3,34,35)(H,36,41)(H,37,40);1H/t26-,28-;/m0./s1. The van der Waals surface area contributed by atoms with E-state index in [0.29, 0.717) is 34.8 Å². The summed E-state index contributed by atoms with van der Waals surface area (Å²) in [5.74, 6) is 0.766. The highest BCUT2D eigenvalue weighted by Crippen LogP contribution is 2.26. The number of ether oxygens (including phenoxy) is 2. The lowest BCUT2D eigenvalue weighted by atomic mass is 10.1. The Morgan fingerprint density at radius 1 is 0.956 bits per heavy atom. The van der Waals surface area contributed by atoms with Crippen molar-refractivity contribution in [3.05, 3.63) is 112 Å². The number of hydrogen-bond donors (Lipinski definition) is 4. The Balaban J connectivity index is 0.00000461. The Morgan fingerprint density at radius 2 is 1.64 bits per heavy atom. The van der Waals surface area contributed by atoms with Crippen LogP contribution in [0.1, 0.15) is 32.8 Å². The van der Waals surface area contributed by atoms with E-state index in [4.69, 9.17) is 20.6 Å². The van der Waals surface area contributed by atoms with Gasteiger partial charge >= 0.3 is 0 Å². The van der Waals surface area contributed by atoms with Gasteiger partial charge in [0.05, 0.1) is 19.6 Å². The predicted octanol–water partition coefficient (Wildman–Crippen LogP) is 4.65. The van der Waals surface area contributed by atoms with Crippen molar-refractivity contribution in [1.82, 2.24) is 15.5 Å². The summed E-state index contributed by atoms with van der Waals surface area (Å²) < 4.78 is 12.0. The summed E-state index contributed by atoms with van der Waals surface area (Å²) in [5, 5.41) is 14.9. The highest BCUT2D eigenvalue weighted by Gasteiger charge is 2.40. The van der Waals surface area contributed by atoms with Gasteiger partial charge in [0.1, 0.15) is 35.2 Å². The average molecular weight is 648 g/mol. The van der Waals surface area contributed by atoms with Crippen LogP contribution in [-0.2, 0) is 16.1 Å². The third-order valence-corrected chi connectivity index (χ3v) is 8.11. The lowest BCUT2D eigenvalue weighted by Crippen LogP contribution is -2.48. The minimum Gasteiger partial charge on any atom is -0.488 e. The van der Waals surface area contributed by atoms with E-state index in [1.807, 2.05) is 61.5 Å². The molecule has 5 rings (SSSR count). The van der Waals surface area contributed by atoms with Gasteiger partial charge in [-0.2, -0.15) is 0 Å².